The molecule has 0 unspecified atom stereocenters. The number of hydrogen-bond donors (Lipinski definition) is 0. The summed E-state index contributed by atoms with van der Waals surface area (Å²) in [4.78, 5) is 14.2. The van der Waals surface area contributed by atoms with E-state index in [0.717, 1.165) is 11.3 Å². The fourth-order valence-electron chi connectivity index (χ4n) is 3.01. The second kappa shape index (κ2) is 8.23. The van der Waals surface area contributed by atoms with Crippen LogP contribution in [0.15, 0.2) is 28.8 Å². The Labute approximate surface area is 167 Å². The van der Waals surface area contributed by atoms with Gasteiger partial charge in [-0.1, -0.05) is 29.3 Å². The van der Waals surface area contributed by atoms with Gasteiger partial charge in [-0.25, -0.2) is 9.31 Å². The molecule has 2 heterocycles. The van der Waals surface area contributed by atoms with Crippen LogP contribution in [0.5, 0.6) is 0 Å². The monoisotopic (exact) mass is 409 g/mol. The second-order valence-corrected chi connectivity index (χ2v) is 7.06. The Morgan fingerprint density at radius 1 is 1.33 bits per heavy atom. The van der Waals surface area contributed by atoms with Crippen LogP contribution in [-0.4, -0.2) is 28.9 Å². The molecule has 1 aromatic carbocycles. The maximum atomic E-state index is 12.6. The van der Waals surface area contributed by atoms with Gasteiger partial charge in [0.2, 0.25) is 5.71 Å². The molecule has 1 amide bonds. The Balaban J connectivity index is 1.83. The van der Waals surface area contributed by atoms with Gasteiger partial charge in [-0.15, -0.1) is 0 Å². The quantitative estimate of drug-likeness (QED) is 0.543. The van der Waals surface area contributed by atoms with E-state index in [2.05, 4.69) is 5.10 Å². The van der Waals surface area contributed by atoms with Crippen molar-refractivity contribution in [2.45, 2.75) is 33.6 Å². The van der Waals surface area contributed by atoms with Gasteiger partial charge in [0.1, 0.15) is 11.4 Å². The minimum absolute atomic E-state index is 0.291. The molecule has 144 valence electrons. The van der Waals surface area contributed by atoms with Gasteiger partial charge in [-0.05, 0) is 51.3 Å². The summed E-state index contributed by atoms with van der Waals surface area (Å²) in [6.45, 7) is 6.19. The van der Waals surface area contributed by atoms with Gasteiger partial charge in [0.25, 0.3) is 0 Å². The molecule has 6 nitrogen and oxygen atoms in total. The smallest absolute Gasteiger partial charge is 0.414 e. The van der Waals surface area contributed by atoms with Crippen LogP contribution in [-0.2, 0) is 11.2 Å². The molecule has 0 aliphatic heterocycles. The zero-order valence-corrected chi connectivity index (χ0v) is 17.0. The number of nitrogens with zero attached hydrogens (tertiary/aromatic N) is 3. The van der Waals surface area contributed by atoms with Gasteiger partial charge in [-0.3, -0.25) is 4.90 Å². The predicted octanol–water partition coefficient (Wildman–Crippen LogP) is 5.45. The molecule has 0 atom stereocenters. The molecule has 0 aliphatic rings. The molecular formula is C19H21Cl2N3O3. The molecule has 27 heavy (non-hydrogen) atoms. The van der Waals surface area contributed by atoms with Crippen molar-refractivity contribution in [2.24, 2.45) is 0 Å². The number of amides is 1. The van der Waals surface area contributed by atoms with Crippen LogP contribution < -0.4 is 4.90 Å². The lowest BCUT2D eigenvalue weighted by Crippen LogP contribution is -2.33. The summed E-state index contributed by atoms with van der Waals surface area (Å²) in [5.74, 6) is 0.718. The maximum Gasteiger partial charge on any atom is 0.414 e. The molecule has 0 N–H and O–H groups in total. The first-order valence-corrected chi connectivity index (χ1v) is 9.50. The summed E-state index contributed by atoms with van der Waals surface area (Å²) in [5, 5.41) is 5.65. The largest absolute Gasteiger partial charge is 0.449 e. The summed E-state index contributed by atoms with van der Waals surface area (Å²) in [6.07, 6.45) is 2.75. The van der Waals surface area contributed by atoms with E-state index in [9.17, 15) is 4.79 Å². The number of fused-ring (bicyclic) bond motifs is 1. The lowest BCUT2D eigenvalue weighted by atomic mass is 10.1. The lowest BCUT2D eigenvalue weighted by Gasteiger charge is -2.21. The molecule has 0 saturated carbocycles. The molecule has 0 radical (unpaired) electrons. The summed E-state index contributed by atoms with van der Waals surface area (Å²) in [6, 6.07) is 5.43. The molecule has 0 fully saturated rings. The SMILES string of the molecule is CCOC(=O)N(CCCc1ccc(Cl)cc1Cl)c1c(C)nn2cc(C)oc12. The van der Waals surface area contributed by atoms with Gasteiger partial charge in [-0.2, -0.15) is 5.10 Å². The van der Waals surface area contributed by atoms with E-state index in [1.807, 2.05) is 26.0 Å². The van der Waals surface area contributed by atoms with Crippen molar-refractivity contribution in [3.05, 3.63) is 51.5 Å². The lowest BCUT2D eigenvalue weighted by molar-refractivity contribution is 0.159. The Kier molecular flexibility index (Phi) is 5.97. The maximum absolute atomic E-state index is 12.6. The van der Waals surface area contributed by atoms with Crippen LogP contribution in [0.25, 0.3) is 5.71 Å². The zero-order valence-electron chi connectivity index (χ0n) is 15.5. The van der Waals surface area contributed by atoms with Crippen molar-refractivity contribution in [3.8, 4) is 0 Å². The minimum atomic E-state index is -0.424. The minimum Gasteiger partial charge on any atom is -0.449 e. The number of halogens is 2. The van der Waals surface area contributed by atoms with E-state index in [1.165, 1.54) is 0 Å². The number of hydrogen-bond acceptors (Lipinski definition) is 4. The van der Waals surface area contributed by atoms with Crippen LogP contribution in [0, 0.1) is 13.8 Å². The first kappa shape index (κ1) is 19.6. The van der Waals surface area contributed by atoms with E-state index in [-0.39, 0.29) is 0 Å². The van der Waals surface area contributed by atoms with Crippen LogP contribution >= 0.6 is 23.2 Å². The molecule has 8 heteroatoms. The van der Waals surface area contributed by atoms with Gasteiger partial charge in [0.15, 0.2) is 0 Å². The van der Waals surface area contributed by atoms with Crippen molar-refractivity contribution >= 4 is 40.7 Å². The van der Waals surface area contributed by atoms with Crippen LogP contribution in [0.2, 0.25) is 10.0 Å². The number of ether oxygens (including phenoxy) is 1. The van der Waals surface area contributed by atoms with Crippen molar-refractivity contribution < 1.29 is 13.9 Å². The summed E-state index contributed by atoms with van der Waals surface area (Å²) in [5.41, 5.74) is 2.84. The summed E-state index contributed by atoms with van der Waals surface area (Å²) >= 11 is 12.2. The van der Waals surface area contributed by atoms with Crippen LogP contribution in [0.3, 0.4) is 0 Å². The number of oxazole rings is 1. The summed E-state index contributed by atoms with van der Waals surface area (Å²) in [7, 11) is 0. The van der Waals surface area contributed by atoms with Crippen molar-refractivity contribution in [1.29, 1.82) is 0 Å². The van der Waals surface area contributed by atoms with Crippen LogP contribution in [0.4, 0.5) is 10.5 Å². The number of carbonyl (C=O) groups excluding carboxylic acids is 1. The molecule has 3 aromatic rings. The standard InChI is InChI=1S/C19H21Cl2N3O3/c1-4-26-19(25)23(9-5-6-14-7-8-15(20)10-16(14)21)17-13(3)22-24-11-12(2)27-18(17)24/h7-8,10-11H,4-6,9H2,1-3H3. The third-order valence-corrected chi connectivity index (χ3v) is 4.76. The van der Waals surface area contributed by atoms with E-state index >= 15 is 0 Å². The van der Waals surface area contributed by atoms with Crippen LogP contribution in [0.1, 0.15) is 30.4 Å². The highest BCUT2D eigenvalue weighted by molar-refractivity contribution is 6.35. The van der Waals surface area contributed by atoms with E-state index in [1.54, 1.807) is 28.6 Å². The first-order chi connectivity index (χ1) is 12.9. The van der Waals surface area contributed by atoms with Crippen molar-refractivity contribution in [2.75, 3.05) is 18.1 Å². The van der Waals surface area contributed by atoms with E-state index < -0.39 is 6.09 Å². The number of anilines is 1. The van der Waals surface area contributed by atoms with Gasteiger partial charge in [0, 0.05) is 16.6 Å². The van der Waals surface area contributed by atoms with E-state index in [4.69, 9.17) is 32.4 Å². The van der Waals surface area contributed by atoms with E-state index in [0.29, 0.717) is 53.1 Å². The third kappa shape index (κ3) is 4.22. The number of aromatic nitrogens is 2. The number of benzene rings is 1. The molecular weight excluding hydrogens is 389 g/mol. The Hall–Kier alpha value is -2.18. The van der Waals surface area contributed by atoms with Crippen molar-refractivity contribution in [3.63, 3.8) is 0 Å². The predicted molar refractivity (Wildman–Crippen MR) is 106 cm³/mol. The van der Waals surface area contributed by atoms with Gasteiger partial charge >= 0.3 is 6.09 Å². The number of rotatable bonds is 6. The molecule has 2 aromatic heterocycles. The second-order valence-electron chi connectivity index (χ2n) is 6.22. The molecule has 3 rings (SSSR count). The Morgan fingerprint density at radius 3 is 2.81 bits per heavy atom. The fourth-order valence-corrected chi connectivity index (χ4v) is 3.51. The Bertz CT molecular complexity index is 965. The molecule has 0 saturated heterocycles. The van der Waals surface area contributed by atoms with Gasteiger partial charge in [0.05, 0.1) is 18.5 Å². The molecule has 0 aliphatic carbocycles. The fraction of sp³-hybridized carbons (Fsp3) is 0.368. The number of aryl methyl sites for hydroxylation is 3. The highest BCUT2D eigenvalue weighted by Crippen LogP contribution is 2.29. The molecule has 0 spiro atoms. The summed E-state index contributed by atoms with van der Waals surface area (Å²) < 4.78 is 12.6. The van der Waals surface area contributed by atoms with Crippen molar-refractivity contribution in [1.82, 2.24) is 9.61 Å². The zero-order chi connectivity index (χ0) is 19.6. The average molecular weight is 410 g/mol. The first-order valence-electron chi connectivity index (χ1n) is 8.74. The Morgan fingerprint density at radius 2 is 2.11 bits per heavy atom. The highest BCUT2D eigenvalue weighted by Gasteiger charge is 2.26. The number of carbonyl (C=O) groups is 1. The average Bonchev–Trinajstić information content (AvgIpc) is 3.08. The highest BCUT2D eigenvalue weighted by atomic mass is 35.5. The topological polar surface area (TPSA) is 60.0 Å². The molecule has 0 bridgehead atoms. The third-order valence-electron chi connectivity index (χ3n) is 4.17. The normalized spacial score (nSPS) is 11.1. The van der Waals surface area contributed by atoms with Gasteiger partial charge < -0.3 is 9.15 Å².